The number of hydrogen-bond acceptors (Lipinski definition) is 10. The maximum atomic E-state index is 12.3. The molecule has 0 radical (unpaired) electrons. The number of esters is 1. The molecule has 0 unspecified atom stereocenters. The van der Waals surface area contributed by atoms with Crippen LogP contribution in [0.1, 0.15) is 26.0 Å². The number of amides is 4. The van der Waals surface area contributed by atoms with E-state index in [-0.39, 0.29) is 47.2 Å². The minimum absolute atomic E-state index is 0.00118. The second kappa shape index (κ2) is 14.9. The average molecular weight is 582 g/mol. The number of thioether (sulfide) groups is 1. The Hall–Kier alpha value is -5.05. The summed E-state index contributed by atoms with van der Waals surface area (Å²) in [7, 11) is 0. The average Bonchev–Trinajstić information content (AvgIpc) is 2.92. The summed E-state index contributed by atoms with van der Waals surface area (Å²) in [4.78, 5) is 73.2. The van der Waals surface area contributed by atoms with Gasteiger partial charge in [-0.1, -0.05) is 11.8 Å². The molecule has 2 aromatic carbocycles. The van der Waals surface area contributed by atoms with Crippen molar-refractivity contribution in [3.8, 4) is 0 Å². The SMILES string of the molecule is CC(=O)Nc1ccc(NC(=O)COC(=O)CCc2nnc(SCC(=O)Nc3ccc(NC(C)=O)cc3)[nH]c2=O)cc1. The van der Waals surface area contributed by atoms with E-state index in [0.29, 0.717) is 22.7 Å². The van der Waals surface area contributed by atoms with Crippen molar-refractivity contribution in [3.63, 3.8) is 0 Å². The Morgan fingerprint density at radius 1 is 0.756 bits per heavy atom. The molecule has 3 rings (SSSR count). The van der Waals surface area contributed by atoms with Gasteiger partial charge in [0.1, 0.15) is 5.69 Å². The molecule has 0 bridgehead atoms. The van der Waals surface area contributed by atoms with Gasteiger partial charge in [0, 0.05) is 43.0 Å². The van der Waals surface area contributed by atoms with Crippen LogP contribution in [-0.2, 0) is 35.1 Å². The summed E-state index contributed by atoms with van der Waals surface area (Å²) in [6.07, 6.45) is -0.264. The number of H-pyrrole nitrogens is 1. The van der Waals surface area contributed by atoms with Gasteiger partial charge in [0.15, 0.2) is 11.8 Å². The largest absolute Gasteiger partial charge is 0.456 e. The van der Waals surface area contributed by atoms with Gasteiger partial charge in [-0.15, -0.1) is 10.2 Å². The Balaban J connectivity index is 1.38. The molecule has 214 valence electrons. The summed E-state index contributed by atoms with van der Waals surface area (Å²) >= 11 is 0.969. The van der Waals surface area contributed by atoms with Crippen LogP contribution in [0.25, 0.3) is 0 Å². The van der Waals surface area contributed by atoms with Crippen molar-refractivity contribution in [1.82, 2.24) is 15.2 Å². The highest BCUT2D eigenvalue weighted by Crippen LogP contribution is 2.16. The predicted octanol–water partition coefficient (Wildman–Crippen LogP) is 1.93. The lowest BCUT2D eigenvalue weighted by Gasteiger charge is -2.08. The fraction of sp³-hybridized carbons (Fsp3) is 0.231. The second-order valence-corrected chi connectivity index (χ2v) is 9.43. The summed E-state index contributed by atoms with van der Waals surface area (Å²) in [6, 6.07) is 12.9. The van der Waals surface area contributed by atoms with Crippen molar-refractivity contribution < 1.29 is 28.7 Å². The summed E-state index contributed by atoms with van der Waals surface area (Å²) in [5.41, 5.74) is 1.58. The van der Waals surface area contributed by atoms with Crippen LogP contribution in [0.3, 0.4) is 0 Å². The van der Waals surface area contributed by atoms with E-state index >= 15 is 0 Å². The normalized spacial score (nSPS) is 10.3. The lowest BCUT2D eigenvalue weighted by atomic mass is 10.2. The van der Waals surface area contributed by atoms with Crippen LogP contribution in [0.2, 0.25) is 0 Å². The fourth-order valence-electron chi connectivity index (χ4n) is 3.22. The van der Waals surface area contributed by atoms with Crippen LogP contribution in [-0.4, -0.2) is 57.1 Å². The highest BCUT2D eigenvalue weighted by atomic mass is 32.2. The van der Waals surface area contributed by atoms with Gasteiger partial charge in [0.25, 0.3) is 11.5 Å². The maximum absolute atomic E-state index is 12.3. The van der Waals surface area contributed by atoms with Crippen LogP contribution < -0.4 is 26.8 Å². The van der Waals surface area contributed by atoms with Crippen molar-refractivity contribution in [1.29, 1.82) is 0 Å². The minimum atomic E-state index is -0.706. The number of benzene rings is 2. The quantitative estimate of drug-likeness (QED) is 0.155. The molecular formula is C26H27N7O7S. The van der Waals surface area contributed by atoms with E-state index in [4.69, 9.17) is 4.74 Å². The molecule has 0 fully saturated rings. The zero-order valence-corrected chi connectivity index (χ0v) is 22.9. The molecule has 0 saturated heterocycles. The molecule has 0 aliphatic heterocycles. The standard InChI is InChI=1S/C26H27N7O7S/c1-15(34)27-17-3-7-19(8-4-17)29-22(36)13-40-24(38)12-11-21-25(39)31-26(33-32-21)41-14-23(37)30-20-9-5-18(6-10-20)28-16(2)35/h3-10H,11-14H2,1-2H3,(H,27,34)(H,28,35)(H,29,36)(H,30,37)(H,31,33,39). The van der Waals surface area contributed by atoms with Crippen molar-refractivity contribution in [2.24, 2.45) is 0 Å². The zero-order chi connectivity index (χ0) is 29.8. The van der Waals surface area contributed by atoms with Gasteiger partial charge in [0.2, 0.25) is 17.7 Å². The maximum Gasteiger partial charge on any atom is 0.306 e. The summed E-state index contributed by atoms with van der Waals surface area (Å²) in [5, 5.41) is 18.3. The Morgan fingerprint density at radius 2 is 1.24 bits per heavy atom. The fourth-order valence-corrected chi connectivity index (χ4v) is 3.82. The molecule has 0 saturated carbocycles. The lowest BCUT2D eigenvalue weighted by Crippen LogP contribution is -2.22. The molecule has 15 heteroatoms. The first-order chi connectivity index (χ1) is 19.6. The van der Waals surface area contributed by atoms with E-state index in [2.05, 4.69) is 36.4 Å². The highest BCUT2D eigenvalue weighted by Gasteiger charge is 2.13. The second-order valence-electron chi connectivity index (χ2n) is 8.47. The van der Waals surface area contributed by atoms with Crippen LogP contribution in [0, 0.1) is 0 Å². The number of aromatic amines is 1. The number of nitrogens with one attached hydrogen (secondary N) is 5. The number of nitrogens with zero attached hydrogens (tertiary/aromatic N) is 2. The monoisotopic (exact) mass is 581 g/mol. The third kappa shape index (κ3) is 10.9. The lowest BCUT2D eigenvalue weighted by molar-refractivity contribution is -0.147. The molecule has 3 aromatic rings. The summed E-state index contributed by atoms with van der Waals surface area (Å²) < 4.78 is 4.94. The highest BCUT2D eigenvalue weighted by molar-refractivity contribution is 7.99. The summed E-state index contributed by atoms with van der Waals surface area (Å²) in [5.74, 6) is -2.09. The first-order valence-corrected chi connectivity index (χ1v) is 13.2. The van der Waals surface area contributed by atoms with Crippen LogP contribution in [0.4, 0.5) is 22.7 Å². The van der Waals surface area contributed by atoms with Crippen LogP contribution in [0.15, 0.2) is 58.5 Å². The van der Waals surface area contributed by atoms with Crippen LogP contribution >= 0.6 is 11.8 Å². The molecular weight excluding hydrogens is 554 g/mol. The van der Waals surface area contributed by atoms with Gasteiger partial charge < -0.3 is 26.0 Å². The van der Waals surface area contributed by atoms with Gasteiger partial charge in [-0.2, -0.15) is 0 Å². The van der Waals surface area contributed by atoms with Crippen molar-refractivity contribution >= 4 is 64.1 Å². The number of carbonyl (C=O) groups is 5. The van der Waals surface area contributed by atoms with Crippen molar-refractivity contribution in [3.05, 3.63) is 64.6 Å². The van der Waals surface area contributed by atoms with Gasteiger partial charge in [-0.25, -0.2) is 0 Å². The first kappa shape index (κ1) is 30.5. The summed E-state index contributed by atoms with van der Waals surface area (Å²) in [6.45, 7) is 2.25. The smallest absolute Gasteiger partial charge is 0.306 e. The van der Waals surface area contributed by atoms with E-state index < -0.39 is 24.0 Å². The van der Waals surface area contributed by atoms with E-state index in [1.807, 2.05) is 0 Å². The molecule has 1 aromatic heterocycles. The zero-order valence-electron chi connectivity index (χ0n) is 22.1. The Morgan fingerprint density at radius 3 is 1.73 bits per heavy atom. The number of hydrogen-bond donors (Lipinski definition) is 5. The topological polar surface area (TPSA) is 201 Å². The number of aryl methyl sites for hydroxylation is 1. The molecule has 14 nitrogen and oxygen atoms in total. The molecule has 5 N–H and O–H groups in total. The minimum Gasteiger partial charge on any atom is -0.456 e. The molecule has 0 atom stereocenters. The molecule has 4 amide bonds. The molecule has 0 spiro atoms. The third-order valence-electron chi connectivity index (χ3n) is 4.99. The molecule has 0 aliphatic rings. The van der Waals surface area contributed by atoms with Crippen molar-refractivity contribution in [2.45, 2.75) is 31.8 Å². The number of anilines is 4. The van der Waals surface area contributed by atoms with Gasteiger partial charge in [-0.3, -0.25) is 33.8 Å². The number of ether oxygens (including phenoxy) is 1. The van der Waals surface area contributed by atoms with Gasteiger partial charge in [-0.05, 0) is 48.5 Å². The number of rotatable bonds is 12. The van der Waals surface area contributed by atoms with E-state index in [1.54, 1.807) is 48.5 Å². The third-order valence-corrected chi connectivity index (χ3v) is 5.86. The van der Waals surface area contributed by atoms with Gasteiger partial charge >= 0.3 is 5.97 Å². The van der Waals surface area contributed by atoms with E-state index in [1.165, 1.54) is 13.8 Å². The first-order valence-electron chi connectivity index (χ1n) is 12.2. The molecule has 1 heterocycles. The predicted molar refractivity (Wildman–Crippen MR) is 151 cm³/mol. The van der Waals surface area contributed by atoms with Crippen LogP contribution in [0.5, 0.6) is 0 Å². The molecule has 0 aliphatic carbocycles. The van der Waals surface area contributed by atoms with E-state index in [9.17, 15) is 28.8 Å². The Bertz CT molecular complexity index is 1470. The van der Waals surface area contributed by atoms with Crippen molar-refractivity contribution in [2.75, 3.05) is 33.6 Å². The van der Waals surface area contributed by atoms with E-state index in [0.717, 1.165) is 11.8 Å². The molecule has 41 heavy (non-hydrogen) atoms. The number of aromatic nitrogens is 3. The Kier molecular flexibility index (Phi) is 11.1. The Labute approximate surface area is 238 Å². The van der Waals surface area contributed by atoms with Gasteiger partial charge in [0.05, 0.1) is 12.2 Å². The number of carbonyl (C=O) groups excluding carboxylic acids is 5.